The van der Waals surface area contributed by atoms with E-state index in [1.165, 1.54) is 0 Å². The second-order valence-corrected chi connectivity index (χ2v) is 2.99. The molecule has 3 nitrogen and oxygen atoms in total. The summed E-state index contributed by atoms with van der Waals surface area (Å²) < 4.78 is 0. The molecule has 0 fully saturated rings. The lowest BCUT2D eigenvalue weighted by atomic mass is 10.1. The molecule has 12 heavy (non-hydrogen) atoms. The van der Waals surface area contributed by atoms with Crippen LogP contribution in [0, 0.1) is 6.92 Å². The minimum Gasteiger partial charge on any atom is -0.506 e. The minimum atomic E-state index is 0.0957. The third-order valence-corrected chi connectivity index (χ3v) is 1.89. The van der Waals surface area contributed by atoms with Gasteiger partial charge in [-0.05, 0) is 24.1 Å². The van der Waals surface area contributed by atoms with Crippen LogP contribution in [0.15, 0.2) is 12.1 Å². The molecule has 0 atom stereocenters. The highest BCUT2D eigenvalue weighted by atomic mass is 35.5. The Hall–Kier alpha value is -0.770. The molecule has 0 aliphatic carbocycles. The summed E-state index contributed by atoms with van der Waals surface area (Å²) in [5, 5.41) is 18.0. The topological polar surface area (TPSA) is 52.5 Å². The van der Waals surface area contributed by atoms with Crippen LogP contribution in [-0.2, 0) is 6.54 Å². The van der Waals surface area contributed by atoms with E-state index in [-0.39, 0.29) is 5.75 Å². The van der Waals surface area contributed by atoms with E-state index in [2.05, 4.69) is 0 Å². The molecule has 0 amide bonds. The molecule has 1 aromatic rings. The van der Waals surface area contributed by atoms with Crippen molar-refractivity contribution in [2.24, 2.45) is 0 Å². The van der Waals surface area contributed by atoms with Crippen LogP contribution < -0.4 is 5.48 Å². The van der Waals surface area contributed by atoms with Crippen molar-refractivity contribution in [3.8, 4) is 5.75 Å². The van der Waals surface area contributed by atoms with Crippen molar-refractivity contribution in [2.45, 2.75) is 13.5 Å². The van der Waals surface area contributed by atoms with Gasteiger partial charge in [-0.1, -0.05) is 17.7 Å². The van der Waals surface area contributed by atoms with Gasteiger partial charge < -0.3 is 10.3 Å². The predicted molar refractivity (Wildman–Crippen MR) is 46.5 cm³/mol. The number of aromatic hydroxyl groups is 1. The van der Waals surface area contributed by atoms with Gasteiger partial charge in [0.05, 0.1) is 5.02 Å². The van der Waals surface area contributed by atoms with Gasteiger partial charge in [0.2, 0.25) is 0 Å². The second kappa shape index (κ2) is 3.76. The SMILES string of the molecule is Cc1cc(CNO)cc(Cl)c1O. The quantitative estimate of drug-likeness (QED) is 0.620. The third-order valence-electron chi connectivity index (χ3n) is 1.60. The Morgan fingerprint density at radius 2 is 2.17 bits per heavy atom. The van der Waals surface area contributed by atoms with Gasteiger partial charge in [-0.25, -0.2) is 5.48 Å². The maximum absolute atomic E-state index is 9.28. The molecule has 0 aliphatic rings. The Morgan fingerprint density at radius 3 is 2.67 bits per heavy atom. The van der Waals surface area contributed by atoms with Crippen molar-refractivity contribution in [3.05, 3.63) is 28.3 Å². The summed E-state index contributed by atoms with van der Waals surface area (Å²) in [6.07, 6.45) is 0. The molecule has 0 saturated heterocycles. The first kappa shape index (κ1) is 9.32. The van der Waals surface area contributed by atoms with Crippen molar-refractivity contribution >= 4 is 11.6 Å². The predicted octanol–water partition coefficient (Wildman–Crippen LogP) is 1.83. The molecule has 3 N–H and O–H groups in total. The molecule has 0 spiro atoms. The minimum absolute atomic E-state index is 0.0957. The number of hydrogen-bond acceptors (Lipinski definition) is 3. The van der Waals surface area contributed by atoms with Crippen LogP contribution in [0.3, 0.4) is 0 Å². The van der Waals surface area contributed by atoms with Crippen molar-refractivity contribution in [3.63, 3.8) is 0 Å². The molecule has 0 aromatic heterocycles. The van der Waals surface area contributed by atoms with E-state index >= 15 is 0 Å². The van der Waals surface area contributed by atoms with Crippen molar-refractivity contribution in [1.29, 1.82) is 0 Å². The first-order chi connectivity index (χ1) is 5.65. The van der Waals surface area contributed by atoms with Crippen LogP contribution in [0.2, 0.25) is 5.02 Å². The van der Waals surface area contributed by atoms with Crippen LogP contribution in [0.5, 0.6) is 5.75 Å². The lowest BCUT2D eigenvalue weighted by Crippen LogP contribution is -2.06. The first-order valence-corrected chi connectivity index (χ1v) is 3.88. The highest BCUT2D eigenvalue weighted by Crippen LogP contribution is 2.28. The number of hydrogen-bond donors (Lipinski definition) is 3. The summed E-state index contributed by atoms with van der Waals surface area (Å²) in [5.74, 6) is 0.0957. The number of phenols is 1. The summed E-state index contributed by atoms with van der Waals surface area (Å²) >= 11 is 5.70. The molecular weight excluding hydrogens is 178 g/mol. The van der Waals surface area contributed by atoms with Gasteiger partial charge in [0.1, 0.15) is 5.75 Å². The Kier molecular flexibility index (Phi) is 2.92. The number of hydroxylamine groups is 1. The van der Waals surface area contributed by atoms with E-state index in [1.54, 1.807) is 19.1 Å². The van der Waals surface area contributed by atoms with Gasteiger partial charge in [0.25, 0.3) is 0 Å². The molecule has 1 rings (SSSR count). The Bertz CT molecular complexity index is 265. The molecule has 0 unspecified atom stereocenters. The second-order valence-electron chi connectivity index (χ2n) is 2.58. The zero-order chi connectivity index (χ0) is 9.14. The molecule has 0 radical (unpaired) electrons. The van der Waals surface area contributed by atoms with E-state index in [0.717, 1.165) is 5.56 Å². The van der Waals surface area contributed by atoms with Crippen molar-refractivity contribution < 1.29 is 10.3 Å². The molecule has 1 aromatic carbocycles. The lowest BCUT2D eigenvalue weighted by Gasteiger charge is -2.05. The van der Waals surface area contributed by atoms with Gasteiger partial charge in [-0.3, -0.25) is 0 Å². The van der Waals surface area contributed by atoms with Gasteiger partial charge in [0.15, 0.2) is 0 Å². The van der Waals surface area contributed by atoms with Crippen molar-refractivity contribution in [2.75, 3.05) is 0 Å². The Balaban J connectivity index is 3.04. The number of benzene rings is 1. The van der Waals surface area contributed by atoms with Gasteiger partial charge in [-0.15, -0.1) is 0 Å². The number of halogens is 1. The zero-order valence-electron chi connectivity index (χ0n) is 6.63. The number of aryl methyl sites for hydroxylation is 1. The van der Waals surface area contributed by atoms with E-state index in [1.807, 2.05) is 5.48 Å². The highest BCUT2D eigenvalue weighted by Gasteiger charge is 2.03. The molecule has 66 valence electrons. The molecule has 0 heterocycles. The molecule has 4 heteroatoms. The monoisotopic (exact) mass is 187 g/mol. The summed E-state index contributed by atoms with van der Waals surface area (Å²) in [6, 6.07) is 3.36. The van der Waals surface area contributed by atoms with Crippen LogP contribution in [0.4, 0.5) is 0 Å². The summed E-state index contributed by atoms with van der Waals surface area (Å²) in [6.45, 7) is 2.07. The molecule has 0 aliphatic heterocycles. The largest absolute Gasteiger partial charge is 0.506 e. The van der Waals surface area contributed by atoms with Gasteiger partial charge >= 0.3 is 0 Å². The standard InChI is InChI=1S/C8H10ClNO2/c1-5-2-6(4-10-12)3-7(9)8(5)11/h2-3,10-12H,4H2,1H3. The average molecular weight is 188 g/mol. The van der Waals surface area contributed by atoms with Gasteiger partial charge in [-0.2, -0.15) is 0 Å². The Labute approximate surface area is 75.6 Å². The molecular formula is C8H10ClNO2. The number of rotatable bonds is 2. The smallest absolute Gasteiger partial charge is 0.137 e. The fraction of sp³-hybridized carbons (Fsp3) is 0.250. The highest BCUT2D eigenvalue weighted by molar-refractivity contribution is 6.32. The van der Waals surface area contributed by atoms with Crippen LogP contribution in [0.1, 0.15) is 11.1 Å². The van der Waals surface area contributed by atoms with E-state index in [0.29, 0.717) is 17.1 Å². The van der Waals surface area contributed by atoms with Crippen LogP contribution >= 0.6 is 11.6 Å². The maximum Gasteiger partial charge on any atom is 0.137 e. The average Bonchev–Trinajstić information content (AvgIpc) is 2.01. The van der Waals surface area contributed by atoms with Crippen LogP contribution in [0.25, 0.3) is 0 Å². The number of phenolic OH excluding ortho intramolecular Hbond substituents is 1. The first-order valence-electron chi connectivity index (χ1n) is 3.50. The molecule has 0 bridgehead atoms. The fourth-order valence-electron chi connectivity index (χ4n) is 1.00. The summed E-state index contributed by atoms with van der Waals surface area (Å²) in [7, 11) is 0. The Morgan fingerprint density at radius 1 is 1.50 bits per heavy atom. The summed E-state index contributed by atoms with van der Waals surface area (Å²) in [4.78, 5) is 0. The van der Waals surface area contributed by atoms with Crippen LogP contribution in [-0.4, -0.2) is 10.3 Å². The van der Waals surface area contributed by atoms with E-state index < -0.39 is 0 Å². The van der Waals surface area contributed by atoms with E-state index in [9.17, 15) is 5.11 Å². The molecule has 0 saturated carbocycles. The number of nitrogens with one attached hydrogen (secondary N) is 1. The maximum atomic E-state index is 9.28. The van der Waals surface area contributed by atoms with Crippen molar-refractivity contribution in [1.82, 2.24) is 5.48 Å². The third kappa shape index (κ3) is 1.88. The van der Waals surface area contributed by atoms with Gasteiger partial charge in [0, 0.05) is 6.54 Å². The van der Waals surface area contributed by atoms with E-state index in [4.69, 9.17) is 16.8 Å². The zero-order valence-corrected chi connectivity index (χ0v) is 7.39. The lowest BCUT2D eigenvalue weighted by molar-refractivity contribution is 0.161. The fourth-order valence-corrected chi connectivity index (χ4v) is 1.29. The normalized spacial score (nSPS) is 10.2. The summed E-state index contributed by atoms with van der Waals surface area (Å²) in [5.41, 5.74) is 3.55.